The fourth-order valence-corrected chi connectivity index (χ4v) is 5.22. The smallest absolute Gasteiger partial charge is 0.224 e. The lowest BCUT2D eigenvalue weighted by Crippen LogP contribution is -2.45. The number of aromatic nitrogens is 4. The third-order valence-corrected chi connectivity index (χ3v) is 7.73. The normalized spacial score (nSPS) is 19.5. The number of aromatic amines is 1. The predicted molar refractivity (Wildman–Crippen MR) is 169 cm³/mol. The molecule has 4 heterocycles. The first-order chi connectivity index (χ1) is 21.9. The van der Waals surface area contributed by atoms with Crippen LogP contribution in [0.5, 0.6) is 0 Å². The van der Waals surface area contributed by atoms with Crippen molar-refractivity contribution in [2.24, 2.45) is 10.4 Å². The molecule has 6 rings (SSSR count). The van der Waals surface area contributed by atoms with Gasteiger partial charge in [0.15, 0.2) is 5.82 Å². The van der Waals surface area contributed by atoms with Crippen molar-refractivity contribution in [3.63, 3.8) is 0 Å². The number of H-pyrrole nitrogens is 1. The number of benzene rings is 2. The van der Waals surface area contributed by atoms with Gasteiger partial charge in [0.05, 0.1) is 49.6 Å². The largest absolute Gasteiger partial charge is 0.361 e. The summed E-state index contributed by atoms with van der Waals surface area (Å²) in [7, 11) is 0. The highest BCUT2D eigenvalue weighted by Crippen LogP contribution is 2.35. The van der Waals surface area contributed by atoms with Crippen molar-refractivity contribution in [3.8, 4) is 22.6 Å². The lowest BCUT2D eigenvalue weighted by atomic mass is 9.92. The van der Waals surface area contributed by atoms with Crippen LogP contribution in [0.3, 0.4) is 0 Å². The van der Waals surface area contributed by atoms with E-state index in [1.807, 2.05) is 43.6 Å². The molecule has 0 spiro atoms. The lowest BCUT2D eigenvalue weighted by Gasteiger charge is -2.36. The number of nitrogens with zero attached hydrogens (tertiary/aromatic N) is 5. The van der Waals surface area contributed by atoms with Crippen LogP contribution in [0.1, 0.15) is 31.0 Å². The van der Waals surface area contributed by atoms with E-state index in [2.05, 4.69) is 30.5 Å². The number of rotatable bonds is 12. The van der Waals surface area contributed by atoms with Crippen molar-refractivity contribution in [3.05, 3.63) is 84.1 Å². The molecule has 0 atom stereocenters. The first-order valence-corrected chi connectivity index (χ1v) is 15.2. The van der Waals surface area contributed by atoms with Crippen LogP contribution < -0.4 is 10.6 Å². The number of carbonyl (C=O) groups excluding carboxylic acids is 1. The molecule has 2 aromatic heterocycles. The highest BCUT2D eigenvalue weighted by Gasteiger charge is 2.35. The van der Waals surface area contributed by atoms with Crippen LogP contribution in [0, 0.1) is 11.2 Å². The van der Waals surface area contributed by atoms with E-state index in [-0.39, 0.29) is 11.7 Å². The summed E-state index contributed by atoms with van der Waals surface area (Å²) in [4.78, 5) is 36.3. The van der Waals surface area contributed by atoms with Gasteiger partial charge in [-0.15, -0.1) is 0 Å². The molecule has 0 radical (unpaired) electrons. The van der Waals surface area contributed by atoms with E-state index in [1.54, 1.807) is 24.4 Å². The minimum absolute atomic E-state index is 0.0519. The summed E-state index contributed by atoms with van der Waals surface area (Å²) in [5, 5.41) is 6.31. The lowest BCUT2D eigenvalue weighted by molar-refractivity contribution is -0.232. The molecule has 0 saturated carbocycles. The number of halogens is 1. The molecule has 45 heavy (non-hydrogen) atoms. The molecule has 1 saturated heterocycles. The van der Waals surface area contributed by atoms with Gasteiger partial charge in [-0.1, -0.05) is 37.3 Å². The van der Waals surface area contributed by atoms with Crippen molar-refractivity contribution < 1.29 is 18.7 Å². The summed E-state index contributed by atoms with van der Waals surface area (Å²) in [6, 6.07) is 17.6. The molecule has 1 amide bonds. The van der Waals surface area contributed by atoms with Gasteiger partial charge in [-0.3, -0.25) is 9.79 Å². The molecule has 2 aliphatic rings. The molecule has 0 unspecified atom stereocenters. The van der Waals surface area contributed by atoms with Gasteiger partial charge in [0.1, 0.15) is 5.82 Å². The number of ether oxygens (including phenoxy) is 2. The Kier molecular flexibility index (Phi) is 9.41. The fourth-order valence-electron chi connectivity index (χ4n) is 5.22. The quantitative estimate of drug-likeness (QED) is 0.203. The van der Waals surface area contributed by atoms with Crippen LogP contribution in [0.15, 0.2) is 71.9 Å². The highest BCUT2D eigenvalue weighted by molar-refractivity contribution is 5.78. The Morgan fingerprint density at radius 1 is 1.09 bits per heavy atom. The number of aliphatic imine (C=N–C) groups is 1. The van der Waals surface area contributed by atoms with E-state index in [0.717, 1.165) is 37.2 Å². The number of carbonyl (C=O) groups is 1. The van der Waals surface area contributed by atoms with E-state index in [0.29, 0.717) is 61.6 Å². The molecule has 4 aromatic rings. The zero-order valence-electron chi connectivity index (χ0n) is 25.2. The Balaban J connectivity index is 1.12. The number of anilines is 1. The third kappa shape index (κ3) is 7.89. The van der Waals surface area contributed by atoms with Crippen LogP contribution in [0.25, 0.3) is 22.6 Å². The molecule has 2 aromatic carbocycles. The Bertz CT molecular complexity index is 1600. The summed E-state index contributed by atoms with van der Waals surface area (Å²) in [6.07, 6.45) is 4.07. The van der Waals surface area contributed by atoms with Crippen molar-refractivity contribution in [2.75, 3.05) is 51.3 Å². The average molecular weight is 613 g/mol. The number of imidazole rings is 1. The zero-order chi connectivity index (χ0) is 31.1. The van der Waals surface area contributed by atoms with Crippen LogP contribution in [-0.4, -0.2) is 83.0 Å². The minimum atomic E-state index is -0.750. The standard InChI is InChI=1S/C33H37FN8O3/c1-33(19-38-27(43)18-23-6-3-2-4-7-23)20-44-31(45-21-33)30-40-28(24-8-10-25(34)11-9-24)29(41-30)26-12-14-37-32(39-26)36-13-5-16-42-17-15-35-22-42/h2-4,6-12,14,22,31H,5,13,15-21H2,1H3,(H,38,43)(H,40,41)(H,36,37,39). The van der Waals surface area contributed by atoms with Crippen LogP contribution >= 0.6 is 0 Å². The van der Waals surface area contributed by atoms with Gasteiger partial charge in [-0.25, -0.2) is 19.3 Å². The van der Waals surface area contributed by atoms with E-state index in [4.69, 9.17) is 19.4 Å². The van der Waals surface area contributed by atoms with Gasteiger partial charge in [-0.05, 0) is 42.3 Å². The van der Waals surface area contributed by atoms with Crippen molar-refractivity contribution in [1.29, 1.82) is 0 Å². The van der Waals surface area contributed by atoms with Gasteiger partial charge in [0.2, 0.25) is 18.1 Å². The Morgan fingerprint density at radius 2 is 1.89 bits per heavy atom. The second-order valence-electron chi connectivity index (χ2n) is 11.7. The van der Waals surface area contributed by atoms with Gasteiger partial charge in [-0.2, -0.15) is 0 Å². The van der Waals surface area contributed by atoms with Gasteiger partial charge in [0.25, 0.3) is 0 Å². The van der Waals surface area contributed by atoms with Crippen LogP contribution in [0.2, 0.25) is 0 Å². The first kappa shape index (κ1) is 30.4. The van der Waals surface area contributed by atoms with E-state index < -0.39 is 11.7 Å². The topological polar surface area (TPSA) is 130 Å². The van der Waals surface area contributed by atoms with Crippen molar-refractivity contribution in [1.82, 2.24) is 30.2 Å². The molecule has 0 aliphatic carbocycles. The highest BCUT2D eigenvalue weighted by atomic mass is 19.1. The predicted octanol–water partition coefficient (Wildman–Crippen LogP) is 4.23. The van der Waals surface area contributed by atoms with Gasteiger partial charge in [0, 0.05) is 43.4 Å². The molecule has 2 aliphatic heterocycles. The summed E-state index contributed by atoms with van der Waals surface area (Å²) in [5.41, 5.74) is 3.13. The molecular weight excluding hydrogens is 575 g/mol. The first-order valence-electron chi connectivity index (χ1n) is 15.2. The molecular formula is C33H37FN8O3. The maximum Gasteiger partial charge on any atom is 0.224 e. The molecule has 0 bridgehead atoms. The fraction of sp³-hybridized carbons (Fsp3) is 0.364. The average Bonchev–Trinajstić information content (AvgIpc) is 3.75. The second-order valence-corrected chi connectivity index (χ2v) is 11.7. The molecule has 234 valence electrons. The minimum Gasteiger partial charge on any atom is -0.361 e. The summed E-state index contributed by atoms with van der Waals surface area (Å²) in [6.45, 7) is 6.57. The number of hydrogen-bond donors (Lipinski definition) is 3. The Hall–Kier alpha value is -4.68. The number of nitrogens with one attached hydrogen (secondary N) is 3. The summed E-state index contributed by atoms with van der Waals surface area (Å²) in [5.74, 6) is 0.585. The van der Waals surface area contributed by atoms with E-state index in [9.17, 15) is 9.18 Å². The van der Waals surface area contributed by atoms with Crippen LogP contribution in [0.4, 0.5) is 10.3 Å². The van der Waals surface area contributed by atoms with E-state index >= 15 is 0 Å². The maximum atomic E-state index is 13.8. The molecule has 1 fully saturated rings. The van der Waals surface area contributed by atoms with E-state index in [1.165, 1.54) is 12.1 Å². The maximum absolute atomic E-state index is 13.8. The molecule has 11 nitrogen and oxygen atoms in total. The molecule has 12 heteroatoms. The monoisotopic (exact) mass is 612 g/mol. The summed E-state index contributed by atoms with van der Waals surface area (Å²) >= 11 is 0. The van der Waals surface area contributed by atoms with Gasteiger partial charge >= 0.3 is 0 Å². The zero-order valence-corrected chi connectivity index (χ0v) is 25.2. The second kappa shape index (κ2) is 14.0. The van der Waals surface area contributed by atoms with Gasteiger partial charge < -0.3 is 30.0 Å². The summed E-state index contributed by atoms with van der Waals surface area (Å²) < 4.78 is 26.1. The van der Waals surface area contributed by atoms with Crippen molar-refractivity contribution in [2.45, 2.75) is 26.1 Å². The molecule has 3 N–H and O–H groups in total. The number of amides is 1. The third-order valence-electron chi connectivity index (χ3n) is 7.73. The Labute approximate surface area is 261 Å². The number of hydrogen-bond acceptors (Lipinski definition) is 9. The van der Waals surface area contributed by atoms with Crippen molar-refractivity contribution >= 4 is 18.2 Å². The SMILES string of the molecule is CC1(CNC(=O)Cc2ccccc2)COC(c2nc(-c3ccc(F)cc3)c(-c3ccnc(NCCCN4C=NCC4)n3)[nH]2)OC1. The van der Waals surface area contributed by atoms with Crippen LogP contribution in [-0.2, 0) is 20.7 Å². The Morgan fingerprint density at radius 3 is 2.64 bits per heavy atom.